The van der Waals surface area contributed by atoms with Gasteiger partial charge in [-0.05, 0) is 49.6 Å². The van der Waals surface area contributed by atoms with Gasteiger partial charge in [-0.25, -0.2) is 14.4 Å². The molecular weight excluding hydrogens is 419 g/mol. The van der Waals surface area contributed by atoms with E-state index in [-0.39, 0.29) is 5.82 Å². The fourth-order valence-corrected chi connectivity index (χ4v) is 4.59. The van der Waals surface area contributed by atoms with E-state index in [0.717, 1.165) is 52.9 Å². The zero-order valence-electron chi connectivity index (χ0n) is 18.7. The summed E-state index contributed by atoms with van der Waals surface area (Å²) < 4.78 is 25.0. The van der Waals surface area contributed by atoms with Crippen LogP contribution in [0, 0.1) is 5.82 Å². The molecule has 2 aromatic carbocycles. The molecular formula is C25H23FN6O. The Morgan fingerprint density at radius 3 is 2.70 bits per heavy atom. The molecule has 0 radical (unpaired) electrons. The van der Waals surface area contributed by atoms with Gasteiger partial charge in [-0.1, -0.05) is 6.07 Å². The topological polar surface area (TPSA) is 70.7 Å². The number of methoxy groups -OCH3 is 1. The second kappa shape index (κ2) is 7.37. The lowest BCUT2D eigenvalue weighted by atomic mass is 9.98. The smallest absolute Gasteiger partial charge is 0.183 e. The zero-order valence-corrected chi connectivity index (χ0v) is 18.7. The molecule has 0 atom stereocenters. The van der Waals surface area contributed by atoms with Crippen LogP contribution in [-0.4, -0.2) is 36.4 Å². The summed E-state index contributed by atoms with van der Waals surface area (Å²) in [5, 5.41) is 8.40. The maximum absolute atomic E-state index is 15.2. The third-order valence-corrected chi connectivity index (χ3v) is 6.50. The van der Waals surface area contributed by atoms with Gasteiger partial charge in [-0.2, -0.15) is 5.10 Å². The monoisotopic (exact) mass is 442 g/mol. The molecule has 7 nitrogen and oxygen atoms in total. The van der Waals surface area contributed by atoms with Crippen LogP contribution in [0.1, 0.15) is 31.5 Å². The predicted octanol–water partition coefficient (Wildman–Crippen LogP) is 5.09. The summed E-state index contributed by atoms with van der Waals surface area (Å²) in [6, 6.07) is 8.95. The Bertz CT molecular complexity index is 1530. The van der Waals surface area contributed by atoms with Gasteiger partial charge in [-0.3, -0.25) is 0 Å². The number of aromatic nitrogens is 6. The molecule has 1 fully saturated rings. The predicted molar refractivity (Wildman–Crippen MR) is 125 cm³/mol. The van der Waals surface area contributed by atoms with E-state index in [9.17, 15) is 0 Å². The van der Waals surface area contributed by atoms with Crippen molar-refractivity contribution < 1.29 is 9.13 Å². The summed E-state index contributed by atoms with van der Waals surface area (Å²) in [5.41, 5.74) is 5.94. The van der Waals surface area contributed by atoms with Crippen molar-refractivity contribution in [3.63, 3.8) is 0 Å². The average molecular weight is 442 g/mol. The highest BCUT2D eigenvalue weighted by molar-refractivity contribution is 5.94. The number of halogens is 1. The minimum atomic E-state index is -0.327. The zero-order chi connectivity index (χ0) is 22.7. The second-order valence-electron chi connectivity index (χ2n) is 8.47. The van der Waals surface area contributed by atoms with Gasteiger partial charge in [0.05, 0.1) is 25.2 Å². The molecule has 6 rings (SSSR count). The molecule has 3 aromatic heterocycles. The Labute approximate surface area is 189 Å². The van der Waals surface area contributed by atoms with E-state index in [4.69, 9.17) is 9.72 Å². The van der Waals surface area contributed by atoms with Gasteiger partial charge in [0, 0.05) is 36.2 Å². The first kappa shape index (κ1) is 19.8. The molecule has 0 N–H and O–H groups in total. The summed E-state index contributed by atoms with van der Waals surface area (Å²) in [7, 11) is 3.64. The summed E-state index contributed by atoms with van der Waals surface area (Å²) in [5.74, 6) is 1.82. The van der Waals surface area contributed by atoms with Crippen LogP contribution in [0.5, 0.6) is 5.75 Å². The fraction of sp³-hybridized carbons (Fsp3) is 0.280. The number of hydrogen-bond acceptors (Lipinski definition) is 5. The van der Waals surface area contributed by atoms with Gasteiger partial charge in [0.15, 0.2) is 11.4 Å². The lowest BCUT2D eigenvalue weighted by Crippen LogP contribution is -1.96. The lowest BCUT2D eigenvalue weighted by Gasteiger charge is -2.12. The van der Waals surface area contributed by atoms with Crippen LogP contribution in [0.25, 0.3) is 44.5 Å². The largest absolute Gasteiger partial charge is 0.494 e. The summed E-state index contributed by atoms with van der Waals surface area (Å²) in [6.07, 6.45) is 5.74. The summed E-state index contributed by atoms with van der Waals surface area (Å²) in [4.78, 5) is 9.41. The number of hydrogen-bond donors (Lipinski definition) is 0. The molecule has 5 aromatic rings. The van der Waals surface area contributed by atoms with Crippen molar-refractivity contribution in [2.75, 3.05) is 7.11 Å². The quantitative estimate of drug-likeness (QED) is 0.379. The van der Waals surface area contributed by atoms with Gasteiger partial charge < -0.3 is 13.9 Å². The first-order valence-corrected chi connectivity index (χ1v) is 11.1. The van der Waals surface area contributed by atoms with Gasteiger partial charge >= 0.3 is 0 Å². The molecule has 1 aliphatic carbocycles. The highest BCUT2D eigenvalue weighted by atomic mass is 19.1. The maximum atomic E-state index is 15.2. The molecule has 0 unspecified atom stereocenters. The number of imidazole rings is 2. The highest BCUT2D eigenvalue weighted by Crippen LogP contribution is 2.44. The molecule has 1 saturated carbocycles. The molecule has 0 saturated heterocycles. The third kappa shape index (κ3) is 3.01. The van der Waals surface area contributed by atoms with Gasteiger partial charge in [-0.15, -0.1) is 5.10 Å². The van der Waals surface area contributed by atoms with Crippen molar-refractivity contribution in [1.29, 1.82) is 0 Å². The molecule has 0 bridgehead atoms. The van der Waals surface area contributed by atoms with E-state index in [2.05, 4.69) is 19.7 Å². The summed E-state index contributed by atoms with van der Waals surface area (Å²) in [6.45, 7) is 2.77. The van der Waals surface area contributed by atoms with E-state index < -0.39 is 0 Å². The molecule has 1 aliphatic rings. The van der Waals surface area contributed by atoms with Crippen LogP contribution in [0.2, 0.25) is 0 Å². The molecule has 0 amide bonds. The number of benzene rings is 2. The number of nitrogens with zero attached hydrogens (tertiary/aromatic N) is 6. The second-order valence-corrected chi connectivity index (χ2v) is 8.47. The average Bonchev–Trinajstić information content (AvgIpc) is 3.51. The maximum Gasteiger partial charge on any atom is 0.183 e. The first-order chi connectivity index (χ1) is 16.1. The Hall–Kier alpha value is -3.81. The molecule has 33 heavy (non-hydrogen) atoms. The van der Waals surface area contributed by atoms with Crippen LogP contribution < -0.4 is 4.74 Å². The van der Waals surface area contributed by atoms with E-state index >= 15 is 4.39 Å². The van der Waals surface area contributed by atoms with Crippen LogP contribution in [0.15, 0.2) is 42.9 Å². The van der Waals surface area contributed by atoms with Crippen molar-refractivity contribution in [3.8, 4) is 28.0 Å². The Kier molecular flexibility index (Phi) is 4.43. The van der Waals surface area contributed by atoms with Gasteiger partial charge in [0.1, 0.15) is 22.7 Å². The first-order valence-electron chi connectivity index (χ1n) is 11.1. The number of rotatable bonds is 5. The fourth-order valence-electron chi connectivity index (χ4n) is 4.59. The van der Waals surface area contributed by atoms with Crippen LogP contribution >= 0.6 is 0 Å². The van der Waals surface area contributed by atoms with E-state index in [1.54, 1.807) is 25.7 Å². The number of fused-ring (bicyclic) bond motifs is 2. The standard InChI is InChI=1S/C25H23FN6O/c1-4-32-13-27-21-18(12-28-30-25(21)32)15-7-9-19(26)17(11-15)16-8-10-20-22(23(16)33-3)29-24(31(20)2)14-5-6-14/h7-14H,4-6H2,1-3H3. The van der Waals surface area contributed by atoms with E-state index in [1.807, 2.05) is 36.7 Å². The van der Waals surface area contributed by atoms with Crippen molar-refractivity contribution in [3.05, 3.63) is 54.5 Å². The Morgan fingerprint density at radius 1 is 1.09 bits per heavy atom. The molecule has 0 aliphatic heterocycles. The number of ether oxygens (including phenoxy) is 1. The Balaban J connectivity index is 1.54. The molecule has 166 valence electrons. The van der Waals surface area contributed by atoms with Crippen molar-refractivity contribution >= 4 is 22.2 Å². The highest BCUT2D eigenvalue weighted by Gasteiger charge is 2.30. The minimum Gasteiger partial charge on any atom is -0.494 e. The third-order valence-electron chi connectivity index (χ3n) is 6.50. The molecule has 8 heteroatoms. The van der Waals surface area contributed by atoms with Crippen LogP contribution in [-0.2, 0) is 13.6 Å². The van der Waals surface area contributed by atoms with E-state index in [0.29, 0.717) is 28.4 Å². The van der Waals surface area contributed by atoms with Crippen LogP contribution in [0.4, 0.5) is 4.39 Å². The summed E-state index contributed by atoms with van der Waals surface area (Å²) >= 11 is 0. The minimum absolute atomic E-state index is 0.327. The van der Waals surface area contributed by atoms with Crippen LogP contribution in [0.3, 0.4) is 0 Å². The lowest BCUT2D eigenvalue weighted by molar-refractivity contribution is 0.420. The van der Waals surface area contributed by atoms with Gasteiger partial charge in [0.25, 0.3) is 0 Å². The SMILES string of the molecule is CCn1cnc2c(-c3ccc(F)c(-c4ccc5c(nc(C6CC6)n5C)c4OC)c3)cnnc21. The molecule has 3 heterocycles. The number of aryl methyl sites for hydroxylation is 2. The van der Waals surface area contributed by atoms with Crippen molar-refractivity contribution in [2.24, 2.45) is 7.05 Å². The van der Waals surface area contributed by atoms with E-state index in [1.165, 1.54) is 6.07 Å². The Morgan fingerprint density at radius 2 is 1.94 bits per heavy atom. The van der Waals surface area contributed by atoms with Crippen molar-refractivity contribution in [2.45, 2.75) is 32.2 Å². The molecule has 0 spiro atoms. The van der Waals surface area contributed by atoms with Gasteiger partial charge in [0.2, 0.25) is 0 Å². The van der Waals surface area contributed by atoms with Crippen molar-refractivity contribution in [1.82, 2.24) is 29.3 Å². The normalized spacial score (nSPS) is 13.8.